The number of para-hydroxylation sites is 2. The van der Waals surface area contributed by atoms with E-state index < -0.39 is 6.04 Å². The SMILES string of the molecule is CCC(=O)N1c2ccccc2NC2=C(C(=O)CC(C)(C)C2)C1c1ccc(N(CC)CC)cc1. The lowest BCUT2D eigenvalue weighted by Gasteiger charge is -2.37. The van der Waals surface area contributed by atoms with Crippen LogP contribution in [0.2, 0.25) is 0 Å². The highest BCUT2D eigenvalue weighted by molar-refractivity contribution is 6.06. The third-order valence-electron chi connectivity index (χ3n) is 6.81. The van der Waals surface area contributed by atoms with Crippen LogP contribution in [0, 0.1) is 5.41 Å². The molecule has 1 heterocycles. The molecule has 4 rings (SSSR count). The highest BCUT2D eigenvalue weighted by Crippen LogP contribution is 2.48. The molecule has 0 bridgehead atoms. The average molecular weight is 446 g/mol. The van der Waals surface area contributed by atoms with Crippen LogP contribution in [0.5, 0.6) is 0 Å². The molecular formula is C28H35N3O2. The third-order valence-corrected chi connectivity index (χ3v) is 6.81. The van der Waals surface area contributed by atoms with Crippen molar-refractivity contribution in [3.8, 4) is 0 Å². The zero-order chi connectivity index (χ0) is 23.8. The minimum Gasteiger partial charge on any atom is -0.372 e. The summed E-state index contributed by atoms with van der Waals surface area (Å²) in [6.07, 6.45) is 1.61. The molecule has 0 saturated heterocycles. The van der Waals surface area contributed by atoms with Gasteiger partial charge in [0.15, 0.2) is 5.78 Å². The smallest absolute Gasteiger partial charge is 0.227 e. The molecule has 1 amide bonds. The Labute approximate surface area is 197 Å². The molecule has 0 radical (unpaired) electrons. The Morgan fingerprint density at radius 1 is 1.03 bits per heavy atom. The fourth-order valence-electron chi connectivity index (χ4n) is 5.20. The number of allylic oxidation sites excluding steroid dienone is 1. The van der Waals surface area contributed by atoms with Crippen molar-refractivity contribution in [3.63, 3.8) is 0 Å². The maximum atomic E-state index is 13.6. The van der Waals surface area contributed by atoms with E-state index in [1.165, 1.54) is 0 Å². The number of fused-ring (bicyclic) bond motifs is 1. The molecule has 174 valence electrons. The Bertz CT molecular complexity index is 1080. The second-order valence-corrected chi connectivity index (χ2v) is 9.76. The van der Waals surface area contributed by atoms with Crippen molar-refractivity contribution < 1.29 is 9.59 Å². The first kappa shape index (κ1) is 23.1. The van der Waals surface area contributed by atoms with Crippen LogP contribution >= 0.6 is 0 Å². The Morgan fingerprint density at radius 2 is 1.70 bits per heavy atom. The number of carbonyl (C=O) groups is 2. The molecule has 0 fully saturated rings. The van der Waals surface area contributed by atoms with Crippen molar-refractivity contribution in [2.75, 3.05) is 28.2 Å². The van der Waals surface area contributed by atoms with Crippen molar-refractivity contribution in [2.45, 2.75) is 59.9 Å². The Hall–Kier alpha value is -3.08. The van der Waals surface area contributed by atoms with Gasteiger partial charge in [-0.3, -0.25) is 14.5 Å². The first-order valence-electron chi connectivity index (χ1n) is 12.1. The van der Waals surface area contributed by atoms with Crippen LogP contribution in [-0.4, -0.2) is 24.8 Å². The molecule has 2 aromatic rings. The van der Waals surface area contributed by atoms with Gasteiger partial charge in [-0.05, 0) is 55.5 Å². The molecule has 1 atom stereocenters. The molecule has 1 N–H and O–H groups in total. The number of carbonyl (C=O) groups excluding carboxylic acids is 2. The lowest BCUT2D eigenvalue weighted by atomic mass is 9.73. The van der Waals surface area contributed by atoms with E-state index in [0.29, 0.717) is 12.8 Å². The van der Waals surface area contributed by atoms with Gasteiger partial charge in [0.1, 0.15) is 0 Å². The van der Waals surface area contributed by atoms with Crippen LogP contribution in [0.4, 0.5) is 17.1 Å². The van der Waals surface area contributed by atoms with Gasteiger partial charge in [-0.15, -0.1) is 0 Å². The summed E-state index contributed by atoms with van der Waals surface area (Å²) in [5.74, 6) is 0.127. The molecule has 5 nitrogen and oxygen atoms in total. The molecule has 1 aliphatic heterocycles. The number of hydrogen-bond donors (Lipinski definition) is 1. The standard InChI is InChI=1S/C28H35N3O2/c1-6-25(33)31-23-12-10-9-11-21(23)29-22-17-28(4,5)18-24(32)26(22)27(31)19-13-15-20(16-14-19)30(7-2)8-3/h9-16,27,29H,6-8,17-18H2,1-5H3. The van der Waals surface area contributed by atoms with Crippen LogP contribution in [0.25, 0.3) is 0 Å². The van der Waals surface area contributed by atoms with Crippen LogP contribution in [0.15, 0.2) is 59.8 Å². The fraction of sp³-hybridized carbons (Fsp3) is 0.429. The summed E-state index contributed by atoms with van der Waals surface area (Å²) in [5, 5.41) is 3.56. The van der Waals surface area contributed by atoms with Crippen LogP contribution < -0.4 is 15.1 Å². The maximum absolute atomic E-state index is 13.6. The predicted molar refractivity (Wildman–Crippen MR) is 136 cm³/mol. The van der Waals surface area contributed by atoms with E-state index in [1.54, 1.807) is 0 Å². The number of benzene rings is 2. The van der Waals surface area contributed by atoms with Gasteiger partial charge in [-0.2, -0.15) is 0 Å². The van der Waals surface area contributed by atoms with E-state index in [-0.39, 0.29) is 17.1 Å². The fourth-order valence-corrected chi connectivity index (χ4v) is 5.20. The summed E-state index contributed by atoms with van der Waals surface area (Å²) in [4.78, 5) is 31.1. The van der Waals surface area contributed by atoms with Gasteiger partial charge in [-0.1, -0.05) is 45.0 Å². The van der Waals surface area contributed by atoms with Gasteiger partial charge in [0, 0.05) is 42.9 Å². The van der Waals surface area contributed by atoms with E-state index in [9.17, 15) is 9.59 Å². The number of nitrogens with one attached hydrogen (secondary N) is 1. The Kier molecular flexibility index (Phi) is 6.33. The number of ketones is 1. The number of anilines is 3. The van der Waals surface area contributed by atoms with Gasteiger partial charge >= 0.3 is 0 Å². The van der Waals surface area contributed by atoms with Gasteiger partial charge < -0.3 is 10.2 Å². The summed E-state index contributed by atoms with van der Waals surface area (Å²) in [6.45, 7) is 12.3. The lowest BCUT2D eigenvalue weighted by Crippen LogP contribution is -2.39. The second-order valence-electron chi connectivity index (χ2n) is 9.76. The molecule has 33 heavy (non-hydrogen) atoms. The molecule has 1 unspecified atom stereocenters. The normalized spacial score (nSPS) is 19.4. The first-order valence-corrected chi connectivity index (χ1v) is 12.1. The summed E-state index contributed by atoms with van der Waals surface area (Å²) < 4.78 is 0. The van der Waals surface area contributed by atoms with Crippen molar-refractivity contribution >= 4 is 28.8 Å². The third kappa shape index (κ3) is 4.29. The number of rotatable bonds is 5. The zero-order valence-electron chi connectivity index (χ0n) is 20.4. The van der Waals surface area contributed by atoms with Crippen LogP contribution in [0.3, 0.4) is 0 Å². The van der Waals surface area contributed by atoms with Gasteiger partial charge in [0.05, 0.1) is 17.4 Å². The van der Waals surface area contributed by atoms with Gasteiger partial charge in [0.2, 0.25) is 5.91 Å². The van der Waals surface area contributed by atoms with Crippen molar-refractivity contribution in [1.82, 2.24) is 0 Å². The number of amides is 1. The van der Waals surface area contributed by atoms with Crippen molar-refractivity contribution in [2.24, 2.45) is 5.41 Å². The van der Waals surface area contributed by atoms with E-state index in [2.05, 4.69) is 62.2 Å². The highest BCUT2D eigenvalue weighted by atomic mass is 16.2. The molecule has 5 heteroatoms. The molecule has 1 aliphatic carbocycles. The van der Waals surface area contributed by atoms with Gasteiger partial charge in [-0.25, -0.2) is 0 Å². The minimum absolute atomic E-state index is 0.00783. The van der Waals surface area contributed by atoms with E-state index in [0.717, 1.165) is 53.4 Å². The van der Waals surface area contributed by atoms with E-state index in [1.807, 2.05) is 36.1 Å². The second kappa shape index (κ2) is 9.05. The predicted octanol–water partition coefficient (Wildman–Crippen LogP) is 6.09. The summed E-state index contributed by atoms with van der Waals surface area (Å²) >= 11 is 0. The molecule has 0 spiro atoms. The monoisotopic (exact) mass is 445 g/mol. The summed E-state index contributed by atoms with van der Waals surface area (Å²) in [7, 11) is 0. The molecule has 2 aliphatic rings. The summed E-state index contributed by atoms with van der Waals surface area (Å²) in [5.41, 5.74) is 5.35. The average Bonchev–Trinajstić information content (AvgIpc) is 2.93. The topological polar surface area (TPSA) is 52.7 Å². The quantitative estimate of drug-likeness (QED) is 0.605. The maximum Gasteiger partial charge on any atom is 0.227 e. The molecular weight excluding hydrogens is 410 g/mol. The van der Waals surface area contributed by atoms with Gasteiger partial charge in [0.25, 0.3) is 0 Å². The number of hydrogen-bond acceptors (Lipinski definition) is 4. The zero-order valence-corrected chi connectivity index (χ0v) is 20.4. The Balaban J connectivity index is 1.93. The number of Topliss-reactive ketones (excluding diaryl/α,β-unsaturated/α-hetero) is 1. The van der Waals surface area contributed by atoms with Crippen LogP contribution in [-0.2, 0) is 9.59 Å². The first-order chi connectivity index (χ1) is 15.8. The minimum atomic E-state index is -0.446. The Morgan fingerprint density at radius 3 is 2.33 bits per heavy atom. The highest BCUT2D eigenvalue weighted by Gasteiger charge is 2.42. The largest absolute Gasteiger partial charge is 0.372 e. The van der Waals surface area contributed by atoms with E-state index >= 15 is 0 Å². The van der Waals surface area contributed by atoms with Crippen molar-refractivity contribution in [1.29, 1.82) is 0 Å². The van der Waals surface area contributed by atoms with Crippen molar-refractivity contribution in [3.05, 3.63) is 65.4 Å². The molecule has 0 saturated carbocycles. The number of nitrogens with zero attached hydrogens (tertiary/aromatic N) is 2. The van der Waals surface area contributed by atoms with Crippen LogP contribution in [0.1, 0.15) is 65.5 Å². The summed E-state index contributed by atoms with van der Waals surface area (Å²) in [6, 6.07) is 15.8. The van der Waals surface area contributed by atoms with E-state index in [4.69, 9.17) is 0 Å². The molecule has 2 aromatic carbocycles. The molecule has 0 aromatic heterocycles. The lowest BCUT2D eigenvalue weighted by molar-refractivity contribution is -0.119.